The molecule has 0 aromatic heterocycles. The van der Waals surface area contributed by atoms with Gasteiger partial charge in [-0.1, -0.05) is 208 Å². The predicted molar refractivity (Wildman–Crippen MR) is 300 cm³/mol. The second-order valence-electron chi connectivity index (χ2n) is 20.4. The van der Waals surface area contributed by atoms with Crippen molar-refractivity contribution in [3.05, 3.63) is 85.1 Å². The molecule has 0 bridgehead atoms. The van der Waals surface area contributed by atoms with E-state index >= 15 is 0 Å². The van der Waals surface area contributed by atoms with Crippen LogP contribution in [0, 0.1) is 0 Å². The summed E-state index contributed by atoms with van der Waals surface area (Å²) >= 11 is 0. The lowest BCUT2D eigenvalue weighted by atomic mass is 9.97. The summed E-state index contributed by atoms with van der Waals surface area (Å²) in [5.41, 5.74) is 0. The van der Waals surface area contributed by atoms with E-state index in [9.17, 15) is 45.6 Å². The Morgan fingerprint density at radius 2 is 0.920 bits per heavy atom. The van der Waals surface area contributed by atoms with Crippen molar-refractivity contribution < 1.29 is 64.6 Å². The van der Waals surface area contributed by atoms with Crippen LogP contribution in [0.3, 0.4) is 0 Å². The molecule has 12 atom stereocenters. The average molecular weight is 1060 g/mol. The third-order valence-electron chi connectivity index (χ3n) is 13.9. The minimum Gasteiger partial charge on any atom is -0.394 e. The van der Waals surface area contributed by atoms with Gasteiger partial charge in [-0.3, -0.25) is 4.79 Å². The fourth-order valence-electron chi connectivity index (χ4n) is 9.16. The summed E-state index contributed by atoms with van der Waals surface area (Å²) in [6.07, 6.45) is 44.8. The number of allylic oxidation sites excluding steroid dienone is 14. The Bertz CT molecular complexity index is 1580. The van der Waals surface area contributed by atoms with E-state index < -0.39 is 86.8 Å². The second kappa shape index (κ2) is 46.1. The highest BCUT2D eigenvalue weighted by atomic mass is 16.7. The van der Waals surface area contributed by atoms with Crippen LogP contribution in [0.1, 0.15) is 200 Å². The molecule has 2 rings (SSSR count). The molecule has 12 unspecified atom stereocenters. The van der Waals surface area contributed by atoms with Gasteiger partial charge in [0.25, 0.3) is 0 Å². The van der Waals surface area contributed by atoms with Crippen molar-refractivity contribution in [3.8, 4) is 0 Å². The van der Waals surface area contributed by atoms with Crippen molar-refractivity contribution in [1.82, 2.24) is 5.32 Å². The van der Waals surface area contributed by atoms with Crippen LogP contribution in [0.4, 0.5) is 0 Å². The van der Waals surface area contributed by atoms with Crippen LogP contribution >= 0.6 is 0 Å². The Morgan fingerprint density at radius 1 is 0.493 bits per heavy atom. The molecule has 2 aliphatic rings. The smallest absolute Gasteiger partial charge is 0.220 e. The lowest BCUT2D eigenvalue weighted by Gasteiger charge is -2.46. The van der Waals surface area contributed by atoms with E-state index in [1.807, 2.05) is 0 Å². The molecule has 14 nitrogen and oxygen atoms in total. The second-order valence-corrected chi connectivity index (χ2v) is 20.4. The minimum atomic E-state index is -1.78. The van der Waals surface area contributed by atoms with Crippen LogP contribution in [0.2, 0.25) is 0 Å². The van der Waals surface area contributed by atoms with Gasteiger partial charge in [0.05, 0.1) is 32.0 Å². The quantitative estimate of drug-likeness (QED) is 0.0205. The van der Waals surface area contributed by atoms with E-state index in [0.717, 1.165) is 96.3 Å². The lowest BCUT2D eigenvalue weighted by Crippen LogP contribution is -2.65. The molecular weight excluding hydrogens is 955 g/mol. The van der Waals surface area contributed by atoms with Crippen molar-refractivity contribution >= 4 is 5.91 Å². The molecule has 0 radical (unpaired) electrons. The standard InChI is InChI=1S/C61H105NO13/c1-3-5-7-9-11-13-14-15-16-17-18-19-20-21-22-23-24-25-26-27-28-29-30-31-32-33-34-35-36-37-39-41-43-45-53(66)62-49(50(65)44-42-40-38-12-10-8-6-4-2)48-72-60-58(71)56(69)59(52(47-64)74-60)75-61-57(70)55(68)54(67)51(46-63)73-61/h5,7,11,13,15-16,18-19,21-22,24-25,27-28,49-52,54-61,63-65,67-71H,3-4,6,8-10,12,14,17,20,23,26,29-48H2,1-2H3,(H,62,66)/b7-5-,13-11-,16-15-,19-18-,22-21-,25-24-,28-27-. The number of nitrogens with one attached hydrogen (secondary N) is 1. The van der Waals surface area contributed by atoms with Gasteiger partial charge in [-0.15, -0.1) is 0 Å². The Morgan fingerprint density at radius 3 is 1.41 bits per heavy atom. The molecule has 0 aromatic rings. The molecule has 0 aliphatic carbocycles. The highest BCUT2D eigenvalue weighted by Crippen LogP contribution is 2.30. The summed E-state index contributed by atoms with van der Waals surface area (Å²) < 4.78 is 22.7. The monoisotopic (exact) mass is 1060 g/mol. The first-order valence-corrected chi connectivity index (χ1v) is 29.3. The third kappa shape index (κ3) is 32.0. The van der Waals surface area contributed by atoms with Gasteiger partial charge in [0.15, 0.2) is 12.6 Å². The zero-order chi connectivity index (χ0) is 54.6. The maximum absolute atomic E-state index is 13.2. The SMILES string of the molecule is CC/C=C\C/C=C\C/C=C\C/C=C\C/C=C\C/C=C\C/C=C\CCCCCCCCCCCCCC(=O)NC(COC1OC(CO)C(OC2OC(CO)C(O)C(O)C2O)C(O)C1O)C(O)CCCCCCCCCC. The first kappa shape index (κ1) is 68.3. The van der Waals surface area contributed by atoms with E-state index in [2.05, 4.69) is 104 Å². The molecule has 432 valence electrons. The van der Waals surface area contributed by atoms with E-state index in [1.54, 1.807) is 0 Å². The number of hydrogen-bond acceptors (Lipinski definition) is 13. The van der Waals surface area contributed by atoms with Crippen molar-refractivity contribution in [2.45, 2.75) is 274 Å². The number of carbonyl (C=O) groups is 1. The fourth-order valence-corrected chi connectivity index (χ4v) is 9.16. The van der Waals surface area contributed by atoms with Crippen LogP contribution in [0.5, 0.6) is 0 Å². The molecular formula is C61H105NO13. The summed E-state index contributed by atoms with van der Waals surface area (Å²) in [5.74, 6) is -0.217. The maximum Gasteiger partial charge on any atom is 0.220 e. The lowest BCUT2D eigenvalue weighted by molar-refractivity contribution is -0.359. The molecule has 14 heteroatoms. The number of unbranched alkanes of at least 4 members (excludes halogenated alkanes) is 18. The average Bonchev–Trinajstić information content (AvgIpc) is 3.41. The molecule has 2 fully saturated rings. The van der Waals surface area contributed by atoms with Gasteiger partial charge in [0, 0.05) is 6.42 Å². The van der Waals surface area contributed by atoms with Crippen LogP contribution in [0.25, 0.3) is 0 Å². The van der Waals surface area contributed by atoms with Crippen LogP contribution in [0.15, 0.2) is 85.1 Å². The molecule has 0 saturated carbocycles. The molecule has 2 aliphatic heterocycles. The van der Waals surface area contributed by atoms with Gasteiger partial charge in [-0.2, -0.15) is 0 Å². The Balaban J connectivity index is 1.62. The maximum atomic E-state index is 13.2. The number of hydrogen-bond donors (Lipinski definition) is 9. The van der Waals surface area contributed by atoms with Gasteiger partial charge in [0.1, 0.15) is 48.8 Å². The van der Waals surface area contributed by atoms with Crippen molar-refractivity contribution in [2.24, 2.45) is 0 Å². The molecule has 0 aromatic carbocycles. The third-order valence-corrected chi connectivity index (χ3v) is 13.9. The molecule has 75 heavy (non-hydrogen) atoms. The Hall–Kier alpha value is -2.83. The molecule has 2 saturated heterocycles. The zero-order valence-corrected chi connectivity index (χ0v) is 46.3. The summed E-state index contributed by atoms with van der Waals surface area (Å²) in [5, 5.41) is 86.8. The number of ether oxygens (including phenoxy) is 4. The summed E-state index contributed by atoms with van der Waals surface area (Å²) in [6, 6.07) is -0.832. The van der Waals surface area contributed by atoms with Gasteiger partial charge in [-0.25, -0.2) is 0 Å². The largest absolute Gasteiger partial charge is 0.394 e. The Kier molecular flexibility index (Phi) is 42.0. The molecule has 0 spiro atoms. The van der Waals surface area contributed by atoms with Gasteiger partial charge < -0.3 is 65.1 Å². The van der Waals surface area contributed by atoms with Gasteiger partial charge in [0.2, 0.25) is 5.91 Å². The van der Waals surface area contributed by atoms with Crippen LogP contribution < -0.4 is 5.32 Å². The van der Waals surface area contributed by atoms with E-state index in [1.165, 1.54) is 70.6 Å². The highest BCUT2D eigenvalue weighted by molar-refractivity contribution is 5.76. The fraction of sp³-hybridized carbons (Fsp3) is 0.754. The first-order chi connectivity index (χ1) is 36.6. The predicted octanol–water partition coefficient (Wildman–Crippen LogP) is 9.72. The zero-order valence-electron chi connectivity index (χ0n) is 46.3. The van der Waals surface area contributed by atoms with Gasteiger partial charge in [-0.05, 0) is 70.6 Å². The van der Waals surface area contributed by atoms with Crippen molar-refractivity contribution in [1.29, 1.82) is 0 Å². The number of rotatable bonds is 45. The van der Waals surface area contributed by atoms with E-state index in [4.69, 9.17) is 18.9 Å². The number of amides is 1. The van der Waals surface area contributed by atoms with E-state index in [0.29, 0.717) is 19.3 Å². The van der Waals surface area contributed by atoms with Crippen LogP contribution in [-0.4, -0.2) is 140 Å². The first-order valence-electron chi connectivity index (χ1n) is 29.3. The van der Waals surface area contributed by atoms with Gasteiger partial charge >= 0.3 is 0 Å². The highest BCUT2D eigenvalue weighted by Gasteiger charge is 2.51. The molecule has 1 amide bonds. The summed E-state index contributed by atoms with van der Waals surface area (Å²) in [4.78, 5) is 13.2. The number of aliphatic hydroxyl groups excluding tert-OH is 8. The minimum absolute atomic E-state index is 0.217. The number of carbonyl (C=O) groups excluding carboxylic acids is 1. The Labute approximate surface area is 452 Å². The van der Waals surface area contributed by atoms with Crippen molar-refractivity contribution in [3.63, 3.8) is 0 Å². The topological polar surface area (TPSA) is 228 Å². The molecule has 2 heterocycles. The number of aliphatic hydroxyl groups is 8. The molecule has 9 N–H and O–H groups in total. The van der Waals surface area contributed by atoms with Crippen LogP contribution in [-0.2, 0) is 23.7 Å². The normalized spacial score (nSPS) is 25.7. The van der Waals surface area contributed by atoms with Crippen molar-refractivity contribution in [2.75, 3.05) is 19.8 Å². The summed E-state index contributed by atoms with van der Waals surface area (Å²) in [7, 11) is 0. The summed E-state index contributed by atoms with van der Waals surface area (Å²) in [6.45, 7) is 2.68. The van der Waals surface area contributed by atoms with E-state index in [-0.39, 0.29) is 12.5 Å².